The Hall–Kier alpha value is -3.57. The fourth-order valence-corrected chi connectivity index (χ4v) is 4.33. The van der Waals surface area contributed by atoms with E-state index >= 15 is 0 Å². The molecule has 3 rings (SSSR count). The fraction of sp³-hybridized carbons (Fsp3) is 0.407. The maximum absolute atomic E-state index is 13.3. The highest BCUT2D eigenvalue weighted by atomic mass is 32.2. The molecule has 0 fully saturated rings. The van der Waals surface area contributed by atoms with E-state index in [0.717, 1.165) is 5.56 Å². The number of para-hydroxylation sites is 2. The summed E-state index contributed by atoms with van der Waals surface area (Å²) in [6, 6.07) is 13.5. The highest BCUT2D eigenvalue weighted by molar-refractivity contribution is 7.92. The quantitative estimate of drug-likeness (QED) is 0.332. The Morgan fingerprint density at radius 2 is 1.53 bits per heavy atom. The van der Waals surface area contributed by atoms with Crippen LogP contribution in [0, 0.1) is 0 Å². The monoisotopic (exact) mass is 544 g/mol. The third-order valence-electron chi connectivity index (χ3n) is 5.25. The van der Waals surface area contributed by atoms with Crippen LogP contribution in [0.25, 0.3) is 0 Å². The van der Waals surface area contributed by atoms with Gasteiger partial charge < -0.3 is 24.7 Å². The molecule has 0 aliphatic heterocycles. The summed E-state index contributed by atoms with van der Waals surface area (Å²) in [5.74, 6) is 0.197. The molecule has 0 amide bonds. The molecule has 10 nitrogen and oxygen atoms in total. The number of rotatable bonds is 10. The van der Waals surface area contributed by atoms with E-state index in [1.807, 2.05) is 41.5 Å². The Morgan fingerprint density at radius 1 is 0.895 bits per heavy atom. The van der Waals surface area contributed by atoms with Crippen LogP contribution < -0.4 is 24.7 Å². The molecule has 0 atom stereocenters. The molecule has 11 heteroatoms. The van der Waals surface area contributed by atoms with Crippen molar-refractivity contribution in [2.75, 3.05) is 30.8 Å². The molecule has 1 heterocycles. The number of nitrogen functional groups attached to an aromatic ring is 1. The van der Waals surface area contributed by atoms with Crippen LogP contribution in [0.3, 0.4) is 0 Å². The van der Waals surface area contributed by atoms with Gasteiger partial charge in [-0.15, -0.1) is 0 Å². The first kappa shape index (κ1) is 29.0. The Labute approximate surface area is 224 Å². The first-order valence-corrected chi connectivity index (χ1v) is 13.6. The molecule has 2 aromatic carbocycles. The van der Waals surface area contributed by atoms with Crippen molar-refractivity contribution in [3.05, 3.63) is 54.1 Å². The molecule has 0 bridgehead atoms. The third-order valence-corrected chi connectivity index (χ3v) is 6.61. The Morgan fingerprint density at radius 3 is 2.11 bits per heavy atom. The zero-order valence-electron chi connectivity index (χ0n) is 22.9. The molecule has 0 saturated heterocycles. The summed E-state index contributed by atoms with van der Waals surface area (Å²) in [6.45, 7) is 12.3. The average Bonchev–Trinajstić information content (AvgIpc) is 2.82. The highest BCUT2D eigenvalue weighted by Crippen LogP contribution is 2.41. The van der Waals surface area contributed by atoms with Gasteiger partial charge in [0.15, 0.2) is 17.3 Å². The number of ether oxygens (including phenoxy) is 4. The number of benzene rings is 2. The van der Waals surface area contributed by atoms with E-state index in [4.69, 9.17) is 24.7 Å². The lowest BCUT2D eigenvalue weighted by Gasteiger charge is -2.21. The van der Waals surface area contributed by atoms with Crippen LogP contribution in [0.5, 0.6) is 23.1 Å². The summed E-state index contributed by atoms with van der Waals surface area (Å²) in [4.78, 5) is 8.32. The van der Waals surface area contributed by atoms with Gasteiger partial charge in [0.2, 0.25) is 11.7 Å². The average molecular weight is 545 g/mol. The van der Waals surface area contributed by atoms with Crippen LogP contribution in [0.15, 0.2) is 53.4 Å². The first-order valence-electron chi connectivity index (χ1n) is 12.1. The summed E-state index contributed by atoms with van der Waals surface area (Å²) in [5, 5.41) is 0. The summed E-state index contributed by atoms with van der Waals surface area (Å²) in [7, 11) is -2.58. The molecule has 3 aromatic rings. The van der Waals surface area contributed by atoms with Crippen molar-refractivity contribution in [1.82, 2.24) is 9.97 Å². The predicted octanol–water partition coefficient (Wildman–Crippen LogP) is 5.15. The molecule has 1 aromatic heterocycles. The molecule has 0 spiro atoms. The van der Waals surface area contributed by atoms with Gasteiger partial charge in [-0.2, -0.15) is 9.97 Å². The van der Waals surface area contributed by atoms with Gasteiger partial charge in [-0.3, -0.25) is 4.72 Å². The number of nitrogens with one attached hydrogen (secondary N) is 1. The van der Waals surface area contributed by atoms with Crippen molar-refractivity contribution >= 4 is 21.8 Å². The van der Waals surface area contributed by atoms with Crippen molar-refractivity contribution in [2.24, 2.45) is 0 Å². The van der Waals surface area contributed by atoms with Crippen LogP contribution in [-0.4, -0.2) is 44.3 Å². The molecule has 0 aliphatic carbocycles. The number of anilines is 2. The molecule has 206 valence electrons. The van der Waals surface area contributed by atoms with Gasteiger partial charge >= 0.3 is 0 Å². The molecule has 38 heavy (non-hydrogen) atoms. The van der Waals surface area contributed by atoms with Crippen LogP contribution in [0.2, 0.25) is 0 Å². The predicted molar refractivity (Wildman–Crippen MR) is 147 cm³/mol. The third kappa shape index (κ3) is 7.72. The molecule has 0 aliphatic rings. The van der Waals surface area contributed by atoms with E-state index in [1.54, 1.807) is 36.4 Å². The molecule has 0 radical (unpaired) electrons. The van der Waals surface area contributed by atoms with E-state index in [1.165, 1.54) is 19.2 Å². The highest BCUT2D eigenvalue weighted by Gasteiger charge is 2.25. The summed E-state index contributed by atoms with van der Waals surface area (Å²) >= 11 is 0. The standard InChI is InChI=1S/C27H36N4O6S/c1-26(2,3)18-12-14-19(15-13-18)38(32,33)31-23-22(37-21-11-9-8-10-20(21)34-7)24(30-25(28)29-23)35-16-17-36-27(4,5)6/h8-15H,16-17H2,1-7H3,(H3,28,29,30,31). The lowest BCUT2D eigenvalue weighted by molar-refractivity contribution is -0.0170. The Balaban J connectivity index is 2.00. The van der Waals surface area contributed by atoms with Gasteiger partial charge in [-0.25, -0.2) is 8.42 Å². The first-order chi connectivity index (χ1) is 17.7. The second kappa shape index (κ2) is 11.4. The minimum Gasteiger partial charge on any atom is -0.493 e. The SMILES string of the molecule is COc1ccccc1Oc1c(NS(=O)(=O)c2ccc(C(C)(C)C)cc2)nc(N)nc1OCCOC(C)(C)C. The van der Waals surface area contributed by atoms with Crippen LogP contribution in [0.4, 0.5) is 11.8 Å². The van der Waals surface area contributed by atoms with Crippen molar-refractivity contribution in [2.45, 2.75) is 57.5 Å². The Kier molecular flexibility index (Phi) is 8.73. The maximum atomic E-state index is 13.3. The van der Waals surface area contributed by atoms with E-state index < -0.39 is 10.0 Å². The number of nitrogens with two attached hydrogens (primary N) is 1. The normalized spacial score (nSPS) is 12.2. The van der Waals surface area contributed by atoms with Crippen LogP contribution >= 0.6 is 0 Å². The van der Waals surface area contributed by atoms with Crippen molar-refractivity contribution in [3.63, 3.8) is 0 Å². The minimum absolute atomic E-state index is 0.0481. The van der Waals surface area contributed by atoms with E-state index in [2.05, 4.69) is 14.7 Å². The topological polar surface area (TPSA) is 135 Å². The smallest absolute Gasteiger partial charge is 0.265 e. The number of nitrogens with zero attached hydrogens (tertiary/aromatic N) is 2. The molecule has 0 unspecified atom stereocenters. The van der Waals surface area contributed by atoms with Crippen molar-refractivity contribution in [3.8, 4) is 23.1 Å². The summed E-state index contributed by atoms with van der Waals surface area (Å²) < 4.78 is 52.1. The molecular formula is C27H36N4O6S. The van der Waals surface area contributed by atoms with E-state index in [-0.39, 0.29) is 52.5 Å². The van der Waals surface area contributed by atoms with Gasteiger partial charge in [0, 0.05) is 0 Å². The largest absolute Gasteiger partial charge is 0.493 e. The Bertz CT molecular complexity index is 1350. The summed E-state index contributed by atoms with van der Waals surface area (Å²) in [5.41, 5.74) is 6.43. The second-order valence-electron chi connectivity index (χ2n) is 10.5. The number of hydrogen-bond acceptors (Lipinski definition) is 9. The zero-order chi connectivity index (χ0) is 28.1. The van der Waals surface area contributed by atoms with Gasteiger partial charge in [0.1, 0.15) is 6.61 Å². The molecule has 0 saturated carbocycles. The van der Waals surface area contributed by atoms with Crippen molar-refractivity contribution < 1.29 is 27.4 Å². The van der Waals surface area contributed by atoms with E-state index in [0.29, 0.717) is 11.5 Å². The fourth-order valence-electron chi connectivity index (χ4n) is 3.32. The van der Waals surface area contributed by atoms with Gasteiger partial charge in [0.05, 0.1) is 24.2 Å². The number of aromatic nitrogens is 2. The number of hydrogen-bond donors (Lipinski definition) is 2. The number of methoxy groups -OCH3 is 1. The number of sulfonamides is 1. The zero-order valence-corrected chi connectivity index (χ0v) is 23.7. The van der Waals surface area contributed by atoms with Gasteiger partial charge in [-0.1, -0.05) is 45.0 Å². The molecular weight excluding hydrogens is 508 g/mol. The minimum atomic E-state index is -4.07. The van der Waals surface area contributed by atoms with Crippen LogP contribution in [0.1, 0.15) is 47.1 Å². The molecule has 3 N–H and O–H groups in total. The van der Waals surface area contributed by atoms with Gasteiger partial charge in [0.25, 0.3) is 15.9 Å². The summed E-state index contributed by atoms with van der Waals surface area (Å²) in [6.07, 6.45) is 0. The maximum Gasteiger partial charge on any atom is 0.265 e. The van der Waals surface area contributed by atoms with Gasteiger partial charge in [-0.05, 0) is 56.0 Å². The lowest BCUT2D eigenvalue weighted by atomic mass is 9.87. The lowest BCUT2D eigenvalue weighted by Crippen LogP contribution is -2.23. The second-order valence-corrected chi connectivity index (χ2v) is 12.2. The van der Waals surface area contributed by atoms with Crippen molar-refractivity contribution in [1.29, 1.82) is 0 Å². The van der Waals surface area contributed by atoms with Crippen LogP contribution in [-0.2, 0) is 20.2 Å². The van der Waals surface area contributed by atoms with E-state index in [9.17, 15) is 8.42 Å².